The van der Waals surface area contributed by atoms with Gasteiger partial charge in [-0.2, -0.15) is 0 Å². The van der Waals surface area contributed by atoms with Crippen molar-refractivity contribution in [3.05, 3.63) is 258 Å². The Morgan fingerprint density at radius 1 is 0.394 bits per heavy atom. The Labute approximate surface area is 389 Å². The first kappa shape index (κ1) is 38.6. The fraction of sp³-hybridized carbons (Fsp3) is 0.0645. The number of aromatic nitrogens is 3. The van der Waals surface area contributed by atoms with Crippen LogP contribution >= 0.6 is 11.8 Å². The average molecular weight is 862 g/mol. The summed E-state index contributed by atoms with van der Waals surface area (Å²) in [5, 5.41) is 2.50. The lowest BCUT2D eigenvalue weighted by Gasteiger charge is -2.50. The first-order valence-corrected chi connectivity index (χ1v) is 23.6. The van der Waals surface area contributed by atoms with Crippen LogP contribution in [-0.2, 0) is 10.8 Å². The minimum Gasteiger partial charge on any atom is -0.309 e. The van der Waals surface area contributed by atoms with Gasteiger partial charge in [0.15, 0.2) is 5.82 Å². The van der Waals surface area contributed by atoms with Crippen LogP contribution in [0.1, 0.15) is 47.2 Å². The molecule has 0 fully saturated rings. The van der Waals surface area contributed by atoms with E-state index in [1.165, 1.54) is 70.5 Å². The van der Waals surface area contributed by atoms with Crippen LogP contribution in [0.4, 0.5) is 0 Å². The molecule has 1 aliphatic heterocycles. The van der Waals surface area contributed by atoms with Gasteiger partial charge in [-0.15, -0.1) is 0 Å². The first-order chi connectivity index (χ1) is 32.5. The molecule has 1 aliphatic carbocycles. The maximum Gasteiger partial charge on any atom is 0.160 e. The van der Waals surface area contributed by atoms with Crippen LogP contribution in [0.5, 0.6) is 0 Å². The smallest absolute Gasteiger partial charge is 0.160 e. The predicted octanol–water partition coefficient (Wildman–Crippen LogP) is 15.7. The summed E-state index contributed by atoms with van der Waals surface area (Å²) in [5.74, 6) is 0.694. The van der Waals surface area contributed by atoms with Crippen LogP contribution in [0.2, 0.25) is 0 Å². The summed E-state index contributed by atoms with van der Waals surface area (Å²) in [7, 11) is 0. The van der Waals surface area contributed by atoms with E-state index in [0.29, 0.717) is 5.82 Å². The Morgan fingerprint density at radius 3 is 1.59 bits per heavy atom. The highest BCUT2D eigenvalue weighted by molar-refractivity contribution is 7.99. The maximum atomic E-state index is 5.40. The highest BCUT2D eigenvalue weighted by atomic mass is 32.2. The summed E-state index contributed by atoms with van der Waals surface area (Å²) in [5.41, 5.74) is 18.0. The predicted molar refractivity (Wildman–Crippen MR) is 273 cm³/mol. The van der Waals surface area contributed by atoms with Crippen LogP contribution < -0.4 is 0 Å². The number of para-hydroxylation sites is 2. The Kier molecular flexibility index (Phi) is 8.71. The van der Waals surface area contributed by atoms with Crippen LogP contribution in [0.3, 0.4) is 0 Å². The molecule has 9 aromatic carbocycles. The van der Waals surface area contributed by atoms with Crippen LogP contribution in [0, 0.1) is 0 Å². The van der Waals surface area contributed by atoms with Gasteiger partial charge >= 0.3 is 0 Å². The molecule has 11 aromatic rings. The largest absolute Gasteiger partial charge is 0.309 e. The van der Waals surface area contributed by atoms with Gasteiger partial charge in [-0.1, -0.05) is 214 Å². The molecule has 312 valence electrons. The second kappa shape index (κ2) is 14.9. The van der Waals surface area contributed by atoms with Crippen molar-refractivity contribution < 1.29 is 0 Å². The summed E-state index contributed by atoms with van der Waals surface area (Å²) in [4.78, 5) is 13.2. The quantitative estimate of drug-likeness (QED) is 0.173. The maximum absolute atomic E-state index is 5.40. The van der Waals surface area contributed by atoms with Gasteiger partial charge in [0.2, 0.25) is 0 Å². The third-order valence-electron chi connectivity index (χ3n) is 14.2. The van der Waals surface area contributed by atoms with Gasteiger partial charge in [-0.3, -0.25) is 0 Å². The van der Waals surface area contributed by atoms with Crippen molar-refractivity contribution in [1.29, 1.82) is 0 Å². The summed E-state index contributed by atoms with van der Waals surface area (Å²) < 4.78 is 2.36. The van der Waals surface area contributed by atoms with Crippen LogP contribution in [0.25, 0.3) is 72.5 Å². The topological polar surface area (TPSA) is 30.7 Å². The van der Waals surface area contributed by atoms with Crippen molar-refractivity contribution in [3.8, 4) is 50.7 Å². The second-order valence-electron chi connectivity index (χ2n) is 18.0. The molecule has 3 heterocycles. The fourth-order valence-electron chi connectivity index (χ4n) is 11.2. The number of nitrogens with zero attached hydrogens (tertiary/aromatic N) is 3. The van der Waals surface area contributed by atoms with E-state index in [-0.39, 0.29) is 5.41 Å². The summed E-state index contributed by atoms with van der Waals surface area (Å²) in [6.45, 7) is 4.77. The van der Waals surface area contributed by atoms with Crippen molar-refractivity contribution in [1.82, 2.24) is 14.5 Å². The molecule has 0 N–H and O–H groups in total. The number of hydrogen-bond donors (Lipinski definition) is 0. The molecular weight excluding hydrogens is 819 g/mol. The molecule has 3 nitrogen and oxygen atoms in total. The molecule has 0 saturated carbocycles. The van der Waals surface area contributed by atoms with Crippen molar-refractivity contribution in [2.75, 3.05) is 0 Å². The molecule has 1 spiro atoms. The fourth-order valence-corrected chi connectivity index (χ4v) is 12.5. The number of rotatable bonds is 5. The Hall–Kier alpha value is -7.79. The first-order valence-electron chi connectivity index (χ1n) is 22.7. The van der Waals surface area contributed by atoms with Crippen molar-refractivity contribution in [3.63, 3.8) is 0 Å². The van der Waals surface area contributed by atoms with E-state index in [2.05, 4.69) is 237 Å². The summed E-state index contributed by atoms with van der Waals surface area (Å²) in [6.07, 6.45) is 0. The third-order valence-corrected chi connectivity index (χ3v) is 15.4. The lowest BCUT2D eigenvalue weighted by atomic mass is 9.54. The zero-order chi connectivity index (χ0) is 44.0. The minimum absolute atomic E-state index is 0.172. The molecule has 0 unspecified atom stereocenters. The Bertz CT molecular complexity index is 3610. The van der Waals surface area contributed by atoms with Gasteiger partial charge < -0.3 is 4.57 Å². The average Bonchev–Trinajstić information content (AvgIpc) is 3.72. The third kappa shape index (κ3) is 5.65. The van der Waals surface area contributed by atoms with Gasteiger partial charge in [0.25, 0.3) is 0 Å². The highest BCUT2D eigenvalue weighted by Crippen LogP contribution is 2.63. The zero-order valence-corrected chi connectivity index (χ0v) is 37.4. The van der Waals surface area contributed by atoms with Crippen molar-refractivity contribution in [2.45, 2.75) is 34.5 Å². The molecule has 4 heteroatoms. The van der Waals surface area contributed by atoms with Crippen LogP contribution in [-0.4, -0.2) is 14.5 Å². The van der Waals surface area contributed by atoms with E-state index < -0.39 is 5.41 Å². The minimum atomic E-state index is -0.515. The number of fused-ring (bicyclic) bond motifs is 11. The summed E-state index contributed by atoms with van der Waals surface area (Å²) in [6, 6.07) is 81.9. The number of hydrogen-bond acceptors (Lipinski definition) is 3. The molecule has 2 aliphatic rings. The highest BCUT2D eigenvalue weighted by Gasteiger charge is 2.52. The zero-order valence-electron chi connectivity index (χ0n) is 36.6. The lowest BCUT2D eigenvalue weighted by molar-refractivity contribution is 0.549. The van der Waals surface area contributed by atoms with E-state index in [0.717, 1.165) is 39.3 Å². The molecule has 2 aromatic heterocycles. The van der Waals surface area contributed by atoms with E-state index in [1.807, 2.05) is 17.8 Å². The SMILES string of the molecule is CC1(C)c2ccccc2C2(c3ccccc3Sc3c(-c4ccccc4-c4cc(-c5ccc(-n6c7ccccc7c7ccccc76)cc5)nc(-c5ccccc5)n4)cccc32)c2ccccc21. The van der Waals surface area contributed by atoms with Gasteiger partial charge in [-0.05, 0) is 80.9 Å². The normalized spacial score (nSPS) is 14.1. The van der Waals surface area contributed by atoms with Gasteiger partial charge in [0.05, 0.1) is 27.8 Å². The molecule has 0 radical (unpaired) electrons. The van der Waals surface area contributed by atoms with E-state index in [4.69, 9.17) is 9.97 Å². The van der Waals surface area contributed by atoms with Gasteiger partial charge in [-0.25, -0.2) is 9.97 Å². The molecule has 0 bridgehead atoms. The van der Waals surface area contributed by atoms with Crippen molar-refractivity contribution in [2.24, 2.45) is 0 Å². The lowest BCUT2D eigenvalue weighted by Crippen LogP contribution is -2.43. The van der Waals surface area contributed by atoms with E-state index in [9.17, 15) is 0 Å². The molecular formula is C62H43N3S. The van der Waals surface area contributed by atoms with Crippen LogP contribution in [0.15, 0.2) is 234 Å². The standard InChI is InChI=1S/C62H43N3S/c1-61(2)48-26-10-12-28-50(48)62(51-29-13-11-27-49(51)61)52-30-14-17-34-58(52)66-59-47(25-18-31-53(59)62)43-21-6-7-22-44(43)55-39-54(63-60(64-55)41-19-4-3-5-20-41)40-35-37-42(38-36-40)65-56-32-15-8-23-45(56)46-24-9-16-33-57(46)65/h3-39H,1-2H3. The molecule has 13 rings (SSSR count). The van der Waals surface area contributed by atoms with E-state index in [1.54, 1.807) is 0 Å². The second-order valence-corrected chi connectivity index (χ2v) is 19.1. The van der Waals surface area contributed by atoms with Gasteiger partial charge in [0.1, 0.15) is 0 Å². The van der Waals surface area contributed by atoms with Crippen molar-refractivity contribution >= 4 is 33.6 Å². The molecule has 0 amide bonds. The molecule has 0 atom stereocenters. The monoisotopic (exact) mass is 861 g/mol. The molecule has 66 heavy (non-hydrogen) atoms. The number of benzene rings is 9. The van der Waals surface area contributed by atoms with Gasteiger partial charge in [0, 0.05) is 48.4 Å². The Morgan fingerprint density at radius 2 is 0.909 bits per heavy atom. The Balaban J connectivity index is 1.00. The van der Waals surface area contributed by atoms with E-state index >= 15 is 0 Å². The summed E-state index contributed by atoms with van der Waals surface area (Å²) >= 11 is 1.89. The molecule has 0 saturated heterocycles.